The molecule has 40 nitrogen and oxygen atoms in total. The molecule has 0 aromatic heterocycles. The molecular formula is C72H128O40. The Morgan fingerprint density at radius 3 is 0.286 bits per heavy atom. The van der Waals surface area contributed by atoms with Gasteiger partial charge in [-0.1, -0.05) is 0 Å². The summed E-state index contributed by atoms with van der Waals surface area (Å²) in [6, 6.07) is 0. The van der Waals surface area contributed by atoms with Crippen LogP contribution >= 0.6 is 0 Å². The minimum atomic E-state index is -1.25. The number of hydrogen-bond donors (Lipinski definition) is 0. The minimum Gasteiger partial charge on any atom is -0.382 e. The molecule has 0 saturated carbocycles. The zero-order valence-corrected chi connectivity index (χ0v) is 69.1. The van der Waals surface area contributed by atoms with Crippen LogP contribution in [-0.4, -0.2) is 469 Å². The van der Waals surface area contributed by atoms with Crippen molar-refractivity contribution >= 4 is 0 Å². The van der Waals surface area contributed by atoms with Crippen LogP contribution in [0.2, 0.25) is 0 Å². The van der Waals surface area contributed by atoms with Gasteiger partial charge in [0.2, 0.25) is 0 Å². The molecule has 0 N–H and O–H groups in total. The van der Waals surface area contributed by atoms with E-state index in [1.807, 2.05) is 0 Å². The highest BCUT2D eigenvalue weighted by Crippen LogP contribution is 2.44. The van der Waals surface area contributed by atoms with Gasteiger partial charge in [-0.15, -0.1) is 0 Å². The first kappa shape index (κ1) is 94.3. The van der Waals surface area contributed by atoms with Crippen LogP contribution in [0.25, 0.3) is 0 Å². The summed E-state index contributed by atoms with van der Waals surface area (Å²) in [4.78, 5) is 0. The van der Waals surface area contributed by atoms with Gasteiger partial charge in [-0.3, -0.25) is 0 Å². The molecule has 112 heavy (non-hydrogen) atoms. The summed E-state index contributed by atoms with van der Waals surface area (Å²) >= 11 is 0. The Labute approximate surface area is 656 Å². The average molecular weight is 1630 g/mol. The zero-order valence-electron chi connectivity index (χ0n) is 69.1. The topological polar surface area (TPSA) is 369 Å². The van der Waals surface area contributed by atoms with Crippen LogP contribution in [-0.2, 0) is 189 Å². The number of methoxy groups -OCH3 is 24. The Balaban J connectivity index is 1.13. The molecule has 30 aliphatic heterocycles. The molecule has 30 rings (SSSR count). The van der Waals surface area contributed by atoms with Crippen LogP contribution in [0.5, 0.6) is 0 Å². The highest BCUT2D eigenvalue weighted by Gasteiger charge is 2.63. The second-order valence-corrected chi connectivity index (χ2v) is 28.0. The molecule has 0 radical (unpaired) electrons. The second-order valence-electron chi connectivity index (χ2n) is 28.0. The lowest BCUT2D eigenvalue weighted by atomic mass is 9.94. The van der Waals surface area contributed by atoms with Crippen molar-refractivity contribution < 1.29 is 189 Å². The zero-order chi connectivity index (χ0) is 81.0. The van der Waals surface area contributed by atoms with E-state index < -0.39 is 246 Å². The summed E-state index contributed by atoms with van der Waals surface area (Å²) in [6.45, 7) is -0.478. The molecular weight excluding hydrogens is 1500 g/mol. The summed E-state index contributed by atoms with van der Waals surface area (Å²) in [5.41, 5.74) is 0. The number of hydrogen-bond acceptors (Lipinski definition) is 40. The van der Waals surface area contributed by atoms with E-state index in [1.54, 1.807) is 0 Å². The van der Waals surface area contributed by atoms with Crippen molar-refractivity contribution in [3.8, 4) is 0 Å². The SMILES string of the molecule is COC[C@H]1O[C@H]2O[C@@H]3[C@@H](OC)[C@@H](OC)[C@H](O[C@@H]4[C@@H](OC)[C@@H](OC)[C@H](O[C@@H]5[C@@H](OC)[C@@H](OC)[C@H](O[C@@H]6[C@@H](OC)[C@@H](OC)[C@H](O[C@@H]7[C@@H](OC)[C@@H](OC)[C@H](O[C@@H]8[C@@H](OC)[C@@H](OC)[C@H](O[C@@H]9[C@@H](OC)[C@@H](OC)[C@H](O[C@@H]1[C@@H](OC)[C@H]2OC)O[C@@H]9COC)O[C@@H]8COC)O[C@@H]7COC)O[C@@H]6COC)O[C@@H]5COC)O[C@@H]4COC)O[C@@H]3COC. The maximum absolute atomic E-state index is 7.07. The van der Waals surface area contributed by atoms with E-state index in [1.165, 1.54) is 171 Å². The molecule has 0 amide bonds. The van der Waals surface area contributed by atoms with Crippen molar-refractivity contribution in [3.63, 3.8) is 0 Å². The van der Waals surface area contributed by atoms with E-state index in [4.69, 9.17) is 189 Å². The summed E-state index contributed by atoms with van der Waals surface area (Å²) in [6.07, 6.45) is -42.2. The first-order valence-corrected chi connectivity index (χ1v) is 37.4. The molecule has 0 aromatic carbocycles. The molecule has 0 aromatic rings. The quantitative estimate of drug-likeness (QED) is 0.0724. The van der Waals surface area contributed by atoms with Crippen LogP contribution in [0, 0.1) is 0 Å². The van der Waals surface area contributed by atoms with Gasteiger partial charge in [0.25, 0.3) is 0 Å². The van der Waals surface area contributed by atoms with Crippen molar-refractivity contribution in [1.82, 2.24) is 0 Å². The van der Waals surface area contributed by atoms with Crippen LogP contribution in [0.15, 0.2) is 0 Å². The van der Waals surface area contributed by atoms with Gasteiger partial charge >= 0.3 is 0 Å². The van der Waals surface area contributed by atoms with Gasteiger partial charge in [-0.05, 0) is 0 Å². The summed E-state index contributed by atoms with van der Waals surface area (Å²) in [7, 11) is 36.1. The van der Waals surface area contributed by atoms with Crippen LogP contribution in [0.3, 0.4) is 0 Å². The fourth-order valence-corrected chi connectivity index (χ4v) is 17.0. The van der Waals surface area contributed by atoms with Gasteiger partial charge < -0.3 is 189 Å². The third kappa shape index (κ3) is 20.6. The largest absolute Gasteiger partial charge is 0.382 e. The normalized spacial score (nSPS) is 46.1. The fourth-order valence-electron chi connectivity index (χ4n) is 17.0. The van der Waals surface area contributed by atoms with Gasteiger partial charge in [0.15, 0.2) is 50.3 Å². The molecule has 16 bridgehead atoms. The van der Waals surface area contributed by atoms with Crippen molar-refractivity contribution in [1.29, 1.82) is 0 Å². The Kier molecular flexibility index (Phi) is 39.1. The standard InChI is InChI=1S/C72H128O40/c1-73-25-33-41-49(81-9)57(89-17)65(97-33)106-42-34(26-74-2)99-67(59(91-19)50(42)82-10)108-44-36(28-76-4)101-69(61(93-21)52(44)84-12)110-46-38(30-78-6)103-71(63(95-23)54(46)86-14)112-48-40(32-80-8)104-72(64(96-24)56(48)88-16)111-47-39(31-79-7)102-70(62(94-22)55(47)87-15)109-45-37(29-77-5)100-68(60(92-20)53(45)85-13)107-43-35(27-75-3)98-66(105-41)58(90-18)51(43)83-11/h33-72H,25-32H2,1-24H3/t33-,34-,35-,36-,37-,38-,39-,40-,41+,42+,43+,44+,45+,46+,47+,48+,49-,50-,51-,52-,53-,54-,55-,56-,57-,58-,59-,60-,61-,62-,63-,64-,65+,66+,67+,68+,69+,70+,71+,72+/m1/s1. The van der Waals surface area contributed by atoms with Gasteiger partial charge in [-0.2, -0.15) is 0 Å². The monoisotopic (exact) mass is 1630 g/mol. The molecule has 30 fully saturated rings. The van der Waals surface area contributed by atoms with Crippen molar-refractivity contribution in [2.45, 2.75) is 246 Å². The summed E-state index contributed by atoms with van der Waals surface area (Å²) in [5.74, 6) is 0. The maximum Gasteiger partial charge on any atom is 0.187 e. The molecule has 656 valence electrons. The summed E-state index contributed by atoms with van der Waals surface area (Å²) in [5, 5.41) is 0. The third-order valence-corrected chi connectivity index (χ3v) is 22.1. The van der Waals surface area contributed by atoms with E-state index in [9.17, 15) is 0 Å². The predicted molar refractivity (Wildman–Crippen MR) is 376 cm³/mol. The molecule has 0 aliphatic carbocycles. The van der Waals surface area contributed by atoms with E-state index in [0.717, 1.165) is 0 Å². The Morgan fingerprint density at radius 1 is 0.125 bits per heavy atom. The van der Waals surface area contributed by atoms with E-state index >= 15 is 0 Å². The van der Waals surface area contributed by atoms with Gasteiger partial charge in [0.05, 0.1) is 52.9 Å². The first-order chi connectivity index (χ1) is 54.5. The van der Waals surface area contributed by atoms with E-state index in [0.29, 0.717) is 0 Å². The Bertz CT molecular complexity index is 2090. The van der Waals surface area contributed by atoms with Crippen LogP contribution in [0.4, 0.5) is 0 Å². The first-order valence-electron chi connectivity index (χ1n) is 37.4. The smallest absolute Gasteiger partial charge is 0.187 e. The Morgan fingerprint density at radius 2 is 0.214 bits per heavy atom. The maximum atomic E-state index is 7.07. The number of ether oxygens (including phenoxy) is 40. The van der Waals surface area contributed by atoms with Crippen LogP contribution < -0.4 is 0 Å². The second kappa shape index (κ2) is 46.4. The lowest BCUT2D eigenvalue weighted by molar-refractivity contribution is -0.410. The van der Waals surface area contributed by atoms with Crippen molar-refractivity contribution in [2.75, 3.05) is 223 Å². The van der Waals surface area contributed by atoms with E-state index in [2.05, 4.69) is 0 Å². The summed E-state index contributed by atoms with van der Waals surface area (Å²) < 4.78 is 260. The minimum absolute atomic E-state index is 0.0598. The lowest BCUT2D eigenvalue weighted by Gasteiger charge is -2.53. The van der Waals surface area contributed by atoms with Gasteiger partial charge in [0, 0.05) is 171 Å². The molecule has 30 aliphatic rings. The lowest BCUT2D eigenvalue weighted by Crippen LogP contribution is -2.70. The average Bonchev–Trinajstić information content (AvgIpc) is 0.763. The van der Waals surface area contributed by atoms with Crippen molar-refractivity contribution in [3.05, 3.63) is 0 Å². The van der Waals surface area contributed by atoms with Gasteiger partial charge in [0.1, 0.15) is 195 Å². The third-order valence-electron chi connectivity index (χ3n) is 22.1. The molecule has 30 saturated heterocycles. The highest BCUT2D eigenvalue weighted by molar-refractivity contribution is 5.05. The fraction of sp³-hybridized carbons (Fsp3) is 1.00. The molecule has 0 spiro atoms. The molecule has 40 atom stereocenters. The Hall–Kier alpha value is -1.60. The highest BCUT2D eigenvalue weighted by atomic mass is 16.8. The predicted octanol–water partition coefficient (Wildman–Crippen LogP) is -1.71. The molecule has 30 heterocycles. The number of rotatable bonds is 32. The van der Waals surface area contributed by atoms with Crippen LogP contribution in [0.1, 0.15) is 0 Å². The molecule has 40 heteroatoms. The van der Waals surface area contributed by atoms with Crippen molar-refractivity contribution in [2.24, 2.45) is 0 Å². The van der Waals surface area contributed by atoms with E-state index in [-0.39, 0.29) is 52.9 Å². The molecule has 0 unspecified atom stereocenters. The van der Waals surface area contributed by atoms with Gasteiger partial charge in [-0.25, -0.2) is 0 Å².